The van der Waals surface area contributed by atoms with Gasteiger partial charge in [-0.1, -0.05) is 25.4 Å². The van der Waals surface area contributed by atoms with E-state index in [1.807, 2.05) is 12.1 Å². The van der Waals surface area contributed by atoms with E-state index in [2.05, 4.69) is 18.7 Å². The number of nitrogens with two attached hydrogens (primary N) is 1. The summed E-state index contributed by atoms with van der Waals surface area (Å²) < 4.78 is 5.79. The van der Waals surface area contributed by atoms with Crippen LogP contribution in [-0.4, -0.2) is 30.6 Å². The third-order valence-electron chi connectivity index (χ3n) is 4.61. The Morgan fingerprint density at radius 3 is 3.00 bits per heavy atom. The van der Waals surface area contributed by atoms with Gasteiger partial charge in [0.1, 0.15) is 5.75 Å². The smallest absolute Gasteiger partial charge is 0.127 e. The fourth-order valence-electron chi connectivity index (χ4n) is 3.32. The van der Waals surface area contributed by atoms with Gasteiger partial charge in [0.05, 0.1) is 6.61 Å². The lowest BCUT2D eigenvalue weighted by atomic mass is 9.79. The Labute approximate surface area is 126 Å². The van der Waals surface area contributed by atoms with Gasteiger partial charge in [0, 0.05) is 42.7 Å². The van der Waals surface area contributed by atoms with Crippen molar-refractivity contribution in [1.29, 1.82) is 0 Å². The van der Waals surface area contributed by atoms with Crippen LogP contribution in [0, 0.1) is 5.41 Å². The molecule has 3 nitrogen and oxygen atoms in total. The maximum absolute atomic E-state index is 6.23. The third-order valence-corrected chi connectivity index (χ3v) is 4.83. The molecular weight excluding hydrogens is 272 g/mol. The van der Waals surface area contributed by atoms with Crippen LogP contribution < -0.4 is 10.5 Å². The molecular formula is C16H23ClN2O. The van der Waals surface area contributed by atoms with Crippen molar-refractivity contribution in [3.8, 4) is 5.75 Å². The molecule has 1 aromatic carbocycles. The number of likely N-dealkylation sites (tertiary alicyclic amines) is 1. The second-order valence-corrected chi connectivity index (χ2v) is 7.18. The Balaban J connectivity index is 1.79. The molecule has 1 aromatic rings. The number of fused-ring (bicyclic) bond motifs is 1. The second kappa shape index (κ2) is 5.21. The van der Waals surface area contributed by atoms with Gasteiger partial charge < -0.3 is 10.5 Å². The van der Waals surface area contributed by atoms with Crippen molar-refractivity contribution in [2.45, 2.75) is 39.3 Å². The Morgan fingerprint density at radius 1 is 1.45 bits per heavy atom. The monoisotopic (exact) mass is 294 g/mol. The molecule has 0 amide bonds. The minimum atomic E-state index is 0.168. The molecule has 2 heterocycles. The van der Waals surface area contributed by atoms with Crippen LogP contribution in [-0.2, 0) is 13.0 Å². The molecule has 0 saturated carbocycles. The molecule has 4 heteroatoms. The van der Waals surface area contributed by atoms with Crippen molar-refractivity contribution in [3.63, 3.8) is 0 Å². The zero-order valence-corrected chi connectivity index (χ0v) is 13.0. The molecule has 0 spiro atoms. The maximum Gasteiger partial charge on any atom is 0.127 e. The normalized spacial score (nSPS) is 25.3. The van der Waals surface area contributed by atoms with E-state index < -0.39 is 0 Å². The maximum atomic E-state index is 6.23. The fourth-order valence-corrected chi connectivity index (χ4v) is 3.59. The molecule has 0 bridgehead atoms. The second-order valence-electron chi connectivity index (χ2n) is 6.75. The summed E-state index contributed by atoms with van der Waals surface area (Å²) in [5, 5.41) is 0.817. The van der Waals surface area contributed by atoms with Gasteiger partial charge in [-0.2, -0.15) is 0 Å². The van der Waals surface area contributed by atoms with Gasteiger partial charge in [-0.15, -0.1) is 0 Å². The van der Waals surface area contributed by atoms with Crippen LogP contribution >= 0.6 is 11.6 Å². The largest absolute Gasteiger partial charge is 0.493 e. The lowest BCUT2D eigenvalue weighted by Crippen LogP contribution is -2.52. The van der Waals surface area contributed by atoms with Crippen LogP contribution in [0.4, 0.5) is 0 Å². The number of hydrogen-bond donors (Lipinski definition) is 1. The van der Waals surface area contributed by atoms with Gasteiger partial charge in [0.15, 0.2) is 0 Å². The molecule has 0 aromatic heterocycles. The summed E-state index contributed by atoms with van der Waals surface area (Å²) in [6, 6.07) is 4.37. The number of ether oxygens (including phenoxy) is 1. The van der Waals surface area contributed by atoms with Gasteiger partial charge in [0.25, 0.3) is 0 Å². The number of rotatable bonds is 2. The molecule has 1 unspecified atom stereocenters. The first-order valence-electron chi connectivity index (χ1n) is 7.38. The van der Waals surface area contributed by atoms with E-state index in [1.54, 1.807) is 0 Å². The molecule has 110 valence electrons. The van der Waals surface area contributed by atoms with E-state index in [0.717, 1.165) is 49.9 Å². The molecule has 0 aliphatic carbocycles. The average molecular weight is 295 g/mol. The first-order chi connectivity index (χ1) is 9.45. The van der Waals surface area contributed by atoms with Gasteiger partial charge in [-0.25, -0.2) is 0 Å². The van der Waals surface area contributed by atoms with Crippen molar-refractivity contribution in [3.05, 3.63) is 28.3 Å². The molecule has 0 radical (unpaired) electrons. The third kappa shape index (κ3) is 2.67. The summed E-state index contributed by atoms with van der Waals surface area (Å²) in [5.41, 5.74) is 8.85. The van der Waals surface area contributed by atoms with E-state index in [4.69, 9.17) is 22.1 Å². The highest BCUT2D eigenvalue weighted by Gasteiger charge is 2.33. The van der Waals surface area contributed by atoms with Crippen LogP contribution in [0.15, 0.2) is 12.1 Å². The lowest BCUT2D eigenvalue weighted by molar-refractivity contribution is 0.0892. The van der Waals surface area contributed by atoms with Crippen molar-refractivity contribution in [2.24, 2.45) is 11.1 Å². The lowest BCUT2D eigenvalue weighted by Gasteiger charge is -2.42. The predicted octanol–water partition coefficient (Wildman–Crippen LogP) is 2.83. The fraction of sp³-hybridized carbons (Fsp3) is 0.625. The Hall–Kier alpha value is -0.770. The van der Waals surface area contributed by atoms with Crippen LogP contribution in [0.25, 0.3) is 0 Å². The van der Waals surface area contributed by atoms with E-state index in [9.17, 15) is 0 Å². The van der Waals surface area contributed by atoms with Gasteiger partial charge in [0.2, 0.25) is 0 Å². The SMILES string of the molecule is CC1(C)CN(Cc2cc(Cl)cc3c2OCC3)CCC1N. The molecule has 20 heavy (non-hydrogen) atoms. The number of hydrogen-bond acceptors (Lipinski definition) is 3. The minimum Gasteiger partial charge on any atom is -0.493 e. The molecule has 2 aliphatic rings. The summed E-state index contributed by atoms with van der Waals surface area (Å²) in [7, 11) is 0. The highest BCUT2D eigenvalue weighted by atomic mass is 35.5. The van der Waals surface area contributed by atoms with Gasteiger partial charge in [-0.3, -0.25) is 4.90 Å². The first kappa shape index (κ1) is 14.2. The quantitative estimate of drug-likeness (QED) is 0.911. The molecule has 1 atom stereocenters. The van der Waals surface area contributed by atoms with Crippen LogP contribution in [0.1, 0.15) is 31.4 Å². The summed E-state index contributed by atoms with van der Waals surface area (Å²) in [6.07, 6.45) is 2.02. The topological polar surface area (TPSA) is 38.5 Å². The van der Waals surface area contributed by atoms with Crippen molar-refractivity contribution >= 4 is 11.6 Å². The minimum absolute atomic E-state index is 0.168. The van der Waals surface area contributed by atoms with Crippen molar-refractivity contribution < 1.29 is 4.74 Å². The number of piperidine rings is 1. The zero-order valence-electron chi connectivity index (χ0n) is 12.3. The van der Waals surface area contributed by atoms with Crippen LogP contribution in [0.5, 0.6) is 5.75 Å². The van der Waals surface area contributed by atoms with E-state index in [0.29, 0.717) is 6.04 Å². The molecule has 2 N–H and O–H groups in total. The van der Waals surface area contributed by atoms with Crippen LogP contribution in [0.3, 0.4) is 0 Å². The molecule has 2 aliphatic heterocycles. The first-order valence-corrected chi connectivity index (χ1v) is 7.75. The number of benzene rings is 1. The summed E-state index contributed by atoms with van der Waals surface area (Å²) >= 11 is 6.23. The summed E-state index contributed by atoms with van der Waals surface area (Å²) in [4.78, 5) is 2.47. The molecule has 1 saturated heterocycles. The van der Waals surface area contributed by atoms with Crippen LogP contribution in [0.2, 0.25) is 5.02 Å². The summed E-state index contributed by atoms with van der Waals surface area (Å²) in [5.74, 6) is 1.06. The average Bonchev–Trinajstić information content (AvgIpc) is 2.81. The Kier molecular flexibility index (Phi) is 3.69. The standard InChI is InChI=1S/C16H23ClN2O/c1-16(2)10-19(5-3-14(16)18)9-12-8-13(17)7-11-4-6-20-15(11)12/h7-8,14H,3-6,9-10,18H2,1-2H3. The Bertz CT molecular complexity index is 515. The van der Waals surface area contributed by atoms with E-state index in [-0.39, 0.29) is 5.41 Å². The zero-order chi connectivity index (χ0) is 14.3. The number of nitrogens with zero attached hydrogens (tertiary/aromatic N) is 1. The molecule has 3 rings (SSSR count). The van der Waals surface area contributed by atoms with Crippen molar-refractivity contribution in [2.75, 3.05) is 19.7 Å². The predicted molar refractivity (Wildman–Crippen MR) is 82.3 cm³/mol. The highest BCUT2D eigenvalue weighted by Crippen LogP contribution is 2.35. The summed E-state index contributed by atoms with van der Waals surface area (Å²) in [6.45, 7) is 8.25. The Morgan fingerprint density at radius 2 is 2.25 bits per heavy atom. The van der Waals surface area contributed by atoms with Gasteiger partial charge >= 0.3 is 0 Å². The van der Waals surface area contributed by atoms with E-state index >= 15 is 0 Å². The highest BCUT2D eigenvalue weighted by molar-refractivity contribution is 6.30. The molecule has 1 fully saturated rings. The van der Waals surface area contributed by atoms with E-state index in [1.165, 1.54) is 11.1 Å². The number of halogens is 1. The van der Waals surface area contributed by atoms with Gasteiger partial charge in [-0.05, 0) is 29.5 Å². The van der Waals surface area contributed by atoms with Crippen molar-refractivity contribution in [1.82, 2.24) is 4.90 Å².